The Bertz CT molecular complexity index is 475. The number of hydrogen-bond acceptors (Lipinski definition) is 6. The van der Waals surface area contributed by atoms with E-state index in [-0.39, 0.29) is 18.6 Å². The summed E-state index contributed by atoms with van der Waals surface area (Å²) in [5.74, 6) is 0.0401. The van der Waals surface area contributed by atoms with E-state index in [1.165, 1.54) is 0 Å². The summed E-state index contributed by atoms with van der Waals surface area (Å²) in [6, 6.07) is 0. The molecule has 8 heteroatoms. The fraction of sp³-hybridized carbons (Fsp3) is 0.882. The highest BCUT2D eigenvalue weighted by Gasteiger charge is 2.33. The number of ether oxygens (including phenoxy) is 1. The van der Waals surface area contributed by atoms with E-state index in [9.17, 15) is 19.8 Å². The van der Waals surface area contributed by atoms with Gasteiger partial charge in [0.05, 0.1) is 18.8 Å². The van der Waals surface area contributed by atoms with Crippen molar-refractivity contribution in [3.05, 3.63) is 0 Å². The van der Waals surface area contributed by atoms with Gasteiger partial charge in [0.25, 0.3) is 0 Å². The number of nitrogens with zero attached hydrogens (tertiary/aromatic N) is 3. The van der Waals surface area contributed by atoms with Crippen LogP contribution in [0.1, 0.15) is 33.6 Å². The van der Waals surface area contributed by atoms with Crippen molar-refractivity contribution in [2.45, 2.75) is 44.8 Å². The first kappa shape index (κ1) is 19.9. The van der Waals surface area contributed by atoms with Crippen molar-refractivity contribution in [3.63, 3.8) is 0 Å². The van der Waals surface area contributed by atoms with Gasteiger partial charge in [-0.05, 0) is 33.6 Å². The molecule has 2 saturated heterocycles. The molecule has 2 fully saturated rings. The van der Waals surface area contributed by atoms with E-state index in [0.29, 0.717) is 58.7 Å². The van der Waals surface area contributed by atoms with Crippen LogP contribution in [0.5, 0.6) is 0 Å². The largest absolute Gasteiger partial charge is 0.444 e. The molecule has 0 aromatic rings. The minimum atomic E-state index is -1.00. The lowest BCUT2D eigenvalue weighted by molar-refractivity contribution is -0.135. The molecule has 2 N–H and O–H groups in total. The molecule has 0 aromatic carbocycles. The zero-order valence-electron chi connectivity index (χ0n) is 15.5. The van der Waals surface area contributed by atoms with Crippen molar-refractivity contribution in [2.75, 3.05) is 52.4 Å². The molecule has 0 aromatic heterocycles. The summed E-state index contributed by atoms with van der Waals surface area (Å²) in [5, 5.41) is 19.2. The molecule has 0 saturated carbocycles. The molecule has 0 atom stereocenters. The Morgan fingerprint density at radius 2 is 1.52 bits per heavy atom. The second-order valence-electron chi connectivity index (χ2n) is 8.01. The first-order chi connectivity index (χ1) is 11.6. The fourth-order valence-corrected chi connectivity index (χ4v) is 3.04. The van der Waals surface area contributed by atoms with Gasteiger partial charge in [-0.2, -0.15) is 0 Å². The van der Waals surface area contributed by atoms with E-state index in [2.05, 4.69) is 0 Å². The molecule has 8 nitrogen and oxygen atoms in total. The Hall–Kier alpha value is -1.38. The second kappa shape index (κ2) is 7.88. The number of hydrogen-bond donors (Lipinski definition) is 2. The van der Waals surface area contributed by atoms with Gasteiger partial charge >= 0.3 is 6.09 Å². The molecule has 144 valence electrons. The molecule has 0 unspecified atom stereocenters. The Labute approximate surface area is 149 Å². The van der Waals surface area contributed by atoms with Crippen LogP contribution in [0.25, 0.3) is 0 Å². The number of likely N-dealkylation sites (tertiary alicyclic amines) is 1. The summed E-state index contributed by atoms with van der Waals surface area (Å²) < 4.78 is 5.36. The van der Waals surface area contributed by atoms with Crippen LogP contribution in [0.4, 0.5) is 4.79 Å². The van der Waals surface area contributed by atoms with Gasteiger partial charge in [-0.25, -0.2) is 4.79 Å². The quantitative estimate of drug-likeness (QED) is 0.732. The molecule has 2 aliphatic rings. The molecule has 2 aliphatic heterocycles. The molecule has 25 heavy (non-hydrogen) atoms. The highest BCUT2D eigenvalue weighted by atomic mass is 16.6. The van der Waals surface area contributed by atoms with Gasteiger partial charge in [-0.15, -0.1) is 0 Å². The minimum Gasteiger partial charge on any atom is -0.444 e. The predicted molar refractivity (Wildman–Crippen MR) is 92.1 cm³/mol. The van der Waals surface area contributed by atoms with Crippen LogP contribution in [0.2, 0.25) is 0 Å². The van der Waals surface area contributed by atoms with Crippen LogP contribution in [-0.4, -0.2) is 101 Å². The van der Waals surface area contributed by atoms with E-state index < -0.39 is 11.2 Å². The average Bonchev–Trinajstić information content (AvgIpc) is 2.56. The third kappa shape index (κ3) is 5.83. The first-order valence-electron chi connectivity index (χ1n) is 8.93. The molecule has 2 amide bonds. The molecule has 0 bridgehead atoms. The lowest BCUT2D eigenvalue weighted by atomic mass is 9.92. The van der Waals surface area contributed by atoms with Crippen LogP contribution in [0, 0.1) is 0 Å². The highest BCUT2D eigenvalue weighted by molar-refractivity contribution is 5.78. The van der Waals surface area contributed by atoms with Gasteiger partial charge in [-0.3, -0.25) is 9.69 Å². The Balaban J connectivity index is 1.74. The monoisotopic (exact) mass is 357 g/mol. The molecular weight excluding hydrogens is 326 g/mol. The second-order valence-corrected chi connectivity index (χ2v) is 8.01. The van der Waals surface area contributed by atoms with Crippen LogP contribution in [0.15, 0.2) is 0 Å². The number of rotatable bonds is 3. The van der Waals surface area contributed by atoms with E-state index in [1.54, 1.807) is 9.80 Å². The lowest BCUT2D eigenvalue weighted by Crippen LogP contribution is -2.54. The topological polar surface area (TPSA) is 93.6 Å². The predicted octanol–water partition coefficient (Wildman–Crippen LogP) is -0.115. The van der Waals surface area contributed by atoms with Crippen molar-refractivity contribution in [1.29, 1.82) is 0 Å². The number of piperidine rings is 1. The fourth-order valence-electron chi connectivity index (χ4n) is 3.04. The molecule has 2 heterocycles. The molecule has 0 aliphatic carbocycles. The van der Waals surface area contributed by atoms with E-state index in [4.69, 9.17) is 4.74 Å². The number of aliphatic hydroxyl groups excluding tert-OH is 1. The Morgan fingerprint density at radius 1 is 1.00 bits per heavy atom. The van der Waals surface area contributed by atoms with E-state index in [0.717, 1.165) is 0 Å². The smallest absolute Gasteiger partial charge is 0.410 e. The molecule has 0 spiro atoms. The standard InChI is InChI=1S/C17H31N3O5/c1-16(2,3)25-15(23)20-10-8-19(9-11-20)14(22)12-18-6-4-17(24,13-21)5-7-18/h21,24H,4-13H2,1-3H3. The zero-order chi connectivity index (χ0) is 18.7. The van der Waals surface area contributed by atoms with Crippen molar-refractivity contribution >= 4 is 12.0 Å². The summed E-state index contributed by atoms with van der Waals surface area (Å²) >= 11 is 0. The molecule has 0 radical (unpaired) electrons. The normalized spacial score (nSPS) is 22.0. The Kier molecular flexibility index (Phi) is 6.29. The summed E-state index contributed by atoms with van der Waals surface area (Å²) in [6.45, 7) is 8.75. The first-order valence-corrected chi connectivity index (χ1v) is 8.93. The summed E-state index contributed by atoms with van der Waals surface area (Å²) in [6.07, 6.45) is 0.616. The summed E-state index contributed by atoms with van der Waals surface area (Å²) in [4.78, 5) is 29.9. The van der Waals surface area contributed by atoms with Gasteiger partial charge < -0.3 is 24.7 Å². The van der Waals surface area contributed by atoms with Crippen molar-refractivity contribution in [1.82, 2.24) is 14.7 Å². The number of aliphatic hydroxyl groups is 2. The van der Waals surface area contributed by atoms with Gasteiger partial charge in [0.15, 0.2) is 0 Å². The van der Waals surface area contributed by atoms with Crippen molar-refractivity contribution in [3.8, 4) is 0 Å². The average molecular weight is 357 g/mol. The maximum Gasteiger partial charge on any atom is 0.410 e. The van der Waals surface area contributed by atoms with E-state index >= 15 is 0 Å². The van der Waals surface area contributed by atoms with Gasteiger partial charge in [-0.1, -0.05) is 0 Å². The van der Waals surface area contributed by atoms with Crippen molar-refractivity contribution < 1.29 is 24.5 Å². The maximum absolute atomic E-state index is 12.4. The molecule has 2 rings (SSSR count). The van der Waals surface area contributed by atoms with Gasteiger partial charge in [0, 0.05) is 39.3 Å². The van der Waals surface area contributed by atoms with E-state index in [1.807, 2.05) is 25.7 Å². The zero-order valence-corrected chi connectivity index (χ0v) is 15.5. The van der Waals surface area contributed by atoms with Crippen LogP contribution < -0.4 is 0 Å². The van der Waals surface area contributed by atoms with Crippen molar-refractivity contribution in [2.24, 2.45) is 0 Å². The van der Waals surface area contributed by atoms with Crippen LogP contribution in [0.3, 0.4) is 0 Å². The summed E-state index contributed by atoms with van der Waals surface area (Å²) in [7, 11) is 0. The van der Waals surface area contributed by atoms with Gasteiger partial charge in [0.2, 0.25) is 5.91 Å². The third-order valence-corrected chi connectivity index (χ3v) is 4.72. The number of carbonyl (C=O) groups is 2. The summed E-state index contributed by atoms with van der Waals surface area (Å²) in [5.41, 5.74) is -1.52. The third-order valence-electron chi connectivity index (χ3n) is 4.72. The lowest BCUT2D eigenvalue weighted by Gasteiger charge is -2.39. The van der Waals surface area contributed by atoms with Crippen LogP contribution in [-0.2, 0) is 9.53 Å². The number of piperazine rings is 1. The molecular formula is C17H31N3O5. The van der Waals surface area contributed by atoms with Crippen LogP contribution >= 0.6 is 0 Å². The number of amides is 2. The maximum atomic E-state index is 12.4. The minimum absolute atomic E-state index is 0.0401. The highest BCUT2D eigenvalue weighted by Crippen LogP contribution is 2.21. The Morgan fingerprint density at radius 3 is 2.00 bits per heavy atom. The number of carbonyl (C=O) groups excluding carboxylic acids is 2. The van der Waals surface area contributed by atoms with Gasteiger partial charge in [0.1, 0.15) is 5.60 Å². The SMILES string of the molecule is CC(C)(C)OC(=O)N1CCN(C(=O)CN2CCC(O)(CO)CC2)CC1.